The average Bonchev–Trinajstić information content (AvgIpc) is 2.19. The first kappa shape index (κ1) is 10.6. The lowest BCUT2D eigenvalue weighted by atomic mass is 10.1. The third-order valence-corrected chi connectivity index (χ3v) is 2.59. The summed E-state index contributed by atoms with van der Waals surface area (Å²) in [5, 5.41) is 0. The lowest BCUT2D eigenvalue weighted by Crippen LogP contribution is -2.21. The highest BCUT2D eigenvalue weighted by Gasteiger charge is 1.99. The Morgan fingerprint density at radius 1 is 1.23 bits per heavy atom. The van der Waals surface area contributed by atoms with E-state index < -0.39 is 0 Å². The predicted octanol–water partition coefficient (Wildman–Crippen LogP) is 2.27. The lowest BCUT2D eigenvalue weighted by Gasteiger charge is -2.07. The quantitative estimate of drug-likeness (QED) is 0.693. The van der Waals surface area contributed by atoms with Gasteiger partial charge in [-0.2, -0.15) is 12.6 Å². The molecule has 0 amide bonds. The maximum atomic E-state index is 5.76. The van der Waals surface area contributed by atoms with E-state index in [4.69, 9.17) is 5.73 Å². The van der Waals surface area contributed by atoms with Gasteiger partial charge in [-0.15, -0.1) is 0 Å². The molecule has 0 fully saturated rings. The van der Waals surface area contributed by atoms with E-state index in [2.05, 4.69) is 36.9 Å². The second-order valence-electron chi connectivity index (χ2n) is 3.32. The van der Waals surface area contributed by atoms with Crippen molar-refractivity contribution in [2.45, 2.75) is 25.3 Å². The molecule has 0 aliphatic carbocycles. The van der Waals surface area contributed by atoms with E-state index in [1.165, 1.54) is 5.56 Å². The zero-order valence-electron chi connectivity index (χ0n) is 7.82. The Kier molecular flexibility index (Phi) is 4.94. The van der Waals surface area contributed by atoms with Gasteiger partial charge in [0.25, 0.3) is 0 Å². The number of benzene rings is 1. The molecule has 0 aromatic heterocycles. The molecule has 2 N–H and O–H groups in total. The number of nitrogens with two attached hydrogens (primary N) is 1. The Labute approximate surface area is 85.8 Å². The highest BCUT2D eigenvalue weighted by atomic mass is 32.1. The molecule has 0 radical (unpaired) electrons. The van der Waals surface area contributed by atoms with Crippen LogP contribution in [0.5, 0.6) is 0 Å². The average molecular weight is 195 g/mol. The Morgan fingerprint density at radius 3 is 2.54 bits per heavy atom. The second-order valence-corrected chi connectivity index (χ2v) is 3.69. The van der Waals surface area contributed by atoms with Crippen LogP contribution in [0.4, 0.5) is 0 Å². The minimum absolute atomic E-state index is 0.257. The zero-order chi connectivity index (χ0) is 9.52. The highest BCUT2D eigenvalue weighted by molar-refractivity contribution is 7.80. The van der Waals surface area contributed by atoms with E-state index in [-0.39, 0.29) is 6.04 Å². The van der Waals surface area contributed by atoms with E-state index in [0.29, 0.717) is 0 Å². The monoisotopic (exact) mass is 195 g/mol. The largest absolute Gasteiger partial charge is 0.327 e. The van der Waals surface area contributed by atoms with Crippen molar-refractivity contribution in [1.29, 1.82) is 0 Å². The lowest BCUT2D eigenvalue weighted by molar-refractivity contribution is 0.632. The van der Waals surface area contributed by atoms with Crippen molar-refractivity contribution in [2.75, 3.05) is 5.75 Å². The summed E-state index contributed by atoms with van der Waals surface area (Å²) in [6.07, 6.45) is 3.35. The summed E-state index contributed by atoms with van der Waals surface area (Å²) >= 11 is 4.15. The molecule has 0 spiro atoms. The van der Waals surface area contributed by atoms with Gasteiger partial charge in [0.1, 0.15) is 0 Å². The van der Waals surface area contributed by atoms with Crippen molar-refractivity contribution in [1.82, 2.24) is 0 Å². The van der Waals surface area contributed by atoms with Crippen LogP contribution < -0.4 is 5.73 Å². The third kappa shape index (κ3) is 4.34. The Hall–Kier alpha value is -0.470. The van der Waals surface area contributed by atoms with E-state index in [0.717, 1.165) is 25.0 Å². The number of thiol groups is 1. The van der Waals surface area contributed by atoms with Gasteiger partial charge in [0.15, 0.2) is 0 Å². The van der Waals surface area contributed by atoms with Crippen LogP contribution in [-0.4, -0.2) is 11.8 Å². The third-order valence-electron chi connectivity index (χ3n) is 2.12. The van der Waals surface area contributed by atoms with Crippen LogP contribution >= 0.6 is 12.6 Å². The van der Waals surface area contributed by atoms with Crippen molar-refractivity contribution in [3.05, 3.63) is 35.9 Å². The summed E-state index contributed by atoms with van der Waals surface area (Å²) in [6, 6.07) is 10.8. The first-order chi connectivity index (χ1) is 6.33. The molecule has 1 aromatic carbocycles. The molecule has 72 valence electrons. The Balaban J connectivity index is 2.20. The standard InChI is InChI=1S/C11H17NS/c12-11(9-13)8-4-7-10-5-2-1-3-6-10/h1-3,5-6,11,13H,4,7-9,12H2. The molecule has 1 rings (SSSR count). The van der Waals surface area contributed by atoms with Crippen molar-refractivity contribution in [3.63, 3.8) is 0 Å². The fourth-order valence-corrected chi connectivity index (χ4v) is 1.49. The van der Waals surface area contributed by atoms with E-state index in [1.54, 1.807) is 0 Å². The topological polar surface area (TPSA) is 26.0 Å². The fraction of sp³-hybridized carbons (Fsp3) is 0.455. The molecule has 2 heteroatoms. The normalized spacial score (nSPS) is 12.8. The van der Waals surface area contributed by atoms with Crippen LogP contribution in [-0.2, 0) is 6.42 Å². The summed E-state index contributed by atoms with van der Waals surface area (Å²) < 4.78 is 0. The molecule has 1 unspecified atom stereocenters. The molecule has 0 aliphatic heterocycles. The molecule has 13 heavy (non-hydrogen) atoms. The van der Waals surface area contributed by atoms with Gasteiger partial charge in [-0.25, -0.2) is 0 Å². The van der Waals surface area contributed by atoms with Gasteiger partial charge in [-0.3, -0.25) is 0 Å². The minimum atomic E-state index is 0.257. The number of rotatable bonds is 5. The molecule has 0 heterocycles. The molecule has 1 atom stereocenters. The summed E-state index contributed by atoms with van der Waals surface area (Å²) in [6.45, 7) is 0. The van der Waals surface area contributed by atoms with E-state index in [1.807, 2.05) is 6.07 Å². The van der Waals surface area contributed by atoms with Crippen LogP contribution in [0.2, 0.25) is 0 Å². The molecule has 0 bridgehead atoms. The van der Waals surface area contributed by atoms with Crippen LogP contribution in [0.1, 0.15) is 18.4 Å². The zero-order valence-corrected chi connectivity index (χ0v) is 8.71. The number of hydrogen-bond acceptors (Lipinski definition) is 2. The van der Waals surface area contributed by atoms with Crippen molar-refractivity contribution in [3.8, 4) is 0 Å². The molecular weight excluding hydrogens is 178 g/mol. The SMILES string of the molecule is NC(CS)CCCc1ccccc1. The summed E-state index contributed by atoms with van der Waals surface area (Å²) in [5.41, 5.74) is 7.16. The number of hydrogen-bond donors (Lipinski definition) is 2. The summed E-state index contributed by atoms with van der Waals surface area (Å²) in [4.78, 5) is 0. The van der Waals surface area contributed by atoms with Gasteiger partial charge in [0.2, 0.25) is 0 Å². The summed E-state index contributed by atoms with van der Waals surface area (Å²) in [5.74, 6) is 0.786. The number of aryl methyl sites for hydroxylation is 1. The molecular formula is C11H17NS. The van der Waals surface area contributed by atoms with Crippen LogP contribution in [0.3, 0.4) is 0 Å². The first-order valence-electron chi connectivity index (χ1n) is 4.73. The van der Waals surface area contributed by atoms with E-state index >= 15 is 0 Å². The van der Waals surface area contributed by atoms with Crippen molar-refractivity contribution < 1.29 is 0 Å². The fourth-order valence-electron chi connectivity index (χ4n) is 1.30. The second kappa shape index (κ2) is 6.06. The summed E-state index contributed by atoms with van der Waals surface area (Å²) in [7, 11) is 0. The van der Waals surface area contributed by atoms with Gasteiger partial charge in [0.05, 0.1) is 0 Å². The van der Waals surface area contributed by atoms with Crippen LogP contribution in [0.15, 0.2) is 30.3 Å². The molecule has 0 saturated heterocycles. The molecule has 1 aromatic rings. The molecule has 1 nitrogen and oxygen atoms in total. The Morgan fingerprint density at radius 2 is 1.92 bits per heavy atom. The Bertz CT molecular complexity index is 223. The molecule has 0 saturated carbocycles. The van der Waals surface area contributed by atoms with Crippen molar-refractivity contribution >= 4 is 12.6 Å². The maximum absolute atomic E-state index is 5.76. The van der Waals surface area contributed by atoms with Gasteiger partial charge in [-0.05, 0) is 24.8 Å². The van der Waals surface area contributed by atoms with Gasteiger partial charge >= 0.3 is 0 Å². The maximum Gasteiger partial charge on any atom is 0.0128 e. The highest BCUT2D eigenvalue weighted by Crippen LogP contribution is 2.05. The van der Waals surface area contributed by atoms with Gasteiger partial charge in [-0.1, -0.05) is 30.3 Å². The van der Waals surface area contributed by atoms with Gasteiger partial charge < -0.3 is 5.73 Å². The predicted molar refractivity (Wildman–Crippen MR) is 61.2 cm³/mol. The van der Waals surface area contributed by atoms with E-state index in [9.17, 15) is 0 Å². The van der Waals surface area contributed by atoms with Crippen molar-refractivity contribution in [2.24, 2.45) is 5.73 Å². The van der Waals surface area contributed by atoms with Crippen LogP contribution in [0.25, 0.3) is 0 Å². The first-order valence-corrected chi connectivity index (χ1v) is 5.36. The minimum Gasteiger partial charge on any atom is -0.327 e. The molecule has 0 aliphatic rings. The smallest absolute Gasteiger partial charge is 0.0128 e. The van der Waals surface area contributed by atoms with Gasteiger partial charge in [0, 0.05) is 11.8 Å². The van der Waals surface area contributed by atoms with Crippen LogP contribution in [0, 0.1) is 0 Å².